The van der Waals surface area contributed by atoms with Gasteiger partial charge < -0.3 is 24.4 Å². The van der Waals surface area contributed by atoms with Crippen LogP contribution in [0.15, 0.2) is 60.7 Å². The highest BCUT2D eigenvalue weighted by atomic mass is 16.6. The number of aliphatic hydroxyl groups is 2. The maximum Gasteiger partial charge on any atom is 0.102 e. The van der Waals surface area contributed by atoms with E-state index in [0.29, 0.717) is 26.1 Å². The van der Waals surface area contributed by atoms with Crippen LogP contribution in [0.5, 0.6) is 0 Å². The van der Waals surface area contributed by atoms with Crippen LogP contribution in [0.2, 0.25) is 0 Å². The fraction of sp³-hybridized carbons (Fsp3) is 0.556. The Hall–Kier alpha value is -1.76. The molecule has 5 heteroatoms. The molecule has 2 saturated carbocycles. The van der Waals surface area contributed by atoms with Gasteiger partial charge in [0.05, 0.1) is 43.7 Å². The van der Waals surface area contributed by atoms with Crippen LogP contribution >= 0.6 is 0 Å². The lowest BCUT2D eigenvalue weighted by atomic mass is 9.59. The topological polar surface area (TPSA) is 68.2 Å². The van der Waals surface area contributed by atoms with Gasteiger partial charge in [-0.05, 0) is 30.4 Å². The third kappa shape index (κ3) is 3.80. The van der Waals surface area contributed by atoms with Crippen molar-refractivity contribution in [3.8, 4) is 0 Å². The molecule has 1 heterocycles. The highest BCUT2D eigenvalue weighted by Gasteiger charge is 2.69. The maximum atomic E-state index is 10.9. The Kier molecular flexibility index (Phi) is 6.12. The van der Waals surface area contributed by atoms with Gasteiger partial charge in [-0.3, -0.25) is 0 Å². The number of benzene rings is 2. The van der Waals surface area contributed by atoms with Crippen LogP contribution in [0, 0.1) is 17.8 Å². The van der Waals surface area contributed by atoms with Crippen molar-refractivity contribution < 1.29 is 24.4 Å². The summed E-state index contributed by atoms with van der Waals surface area (Å²) in [6.07, 6.45) is -0.517. The van der Waals surface area contributed by atoms with Crippen molar-refractivity contribution in [3.63, 3.8) is 0 Å². The molecule has 2 aromatic carbocycles. The van der Waals surface area contributed by atoms with Crippen LogP contribution in [-0.2, 0) is 27.4 Å². The molecule has 3 fully saturated rings. The zero-order valence-electron chi connectivity index (χ0n) is 18.8. The Balaban J connectivity index is 1.44. The highest BCUT2D eigenvalue weighted by molar-refractivity contribution is 5.19. The van der Waals surface area contributed by atoms with Gasteiger partial charge in [-0.15, -0.1) is 0 Å². The van der Waals surface area contributed by atoms with E-state index in [0.717, 1.165) is 11.1 Å². The van der Waals surface area contributed by atoms with Crippen LogP contribution in [-0.4, -0.2) is 46.3 Å². The summed E-state index contributed by atoms with van der Waals surface area (Å²) in [5.41, 5.74) is 1.45. The number of hydrogen-bond acceptors (Lipinski definition) is 5. The fourth-order valence-electron chi connectivity index (χ4n) is 6.45. The molecule has 0 radical (unpaired) electrons. The van der Waals surface area contributed by atoms with Crippen LogP contribution in [0.25, 0.3) is 0 Å². The van der Waals surface area contributed by atoms with Crippen molar-refractivity contribution in [3.05, 3.63) is 71.8 Å². The fourth-order valence-corrected chi connectivity index (χ4v) is 6.45. The van der Waals surface area contributed by atoms with Gasteiger partial charge >= 0.3 is 0 Å². The van der Waals surface area contributed by atoms with Crippen LogP contribution in [0.3, 0.4) is 0 Å². The van der Waals surface area contributed by atoms with Gasteiger partial charge in [0, 0.05) is 18.3 Å². The summed E-state index contributed by atoms with van der Waals surface area (Å²) in [6, 6.07) is 20.3. The van der Waals surface area contributed by atoms with Gasteiger partial charge in [0.25, 0.3) is 0 Å². The van der Waals surface area contributed by atoms with Crippen molar-refractivity contribution in [2.75, 3.05) is 0 Å². The summed E-state index contributed by atoms with van der Waals surface area (Å²) >= 11 is 0. The summed E-state index contributed by atoms with van der Waals surface area (Å²) in [6.45, 7) is 4.98. The van der Waals surface area contributed by atoms with E-state index in [9.17, 15) is 10.2 Å². The first kappa shape index (κ1) is 22.1. The highest BCUT2D eigenvalue weighted by Crippen LogP contribution is 2.59. The van der Waals surface area contributed by atoms with Crippen LogP contribution in [0.1, 0.15) is 37.8 Å². The molecule has 2 aliphatic carbocycles. The zero-order valence-corrected chi connectivity index (χ0v) is 18.8. The maximum absolute atomic E-state index is 10.9. The number of aliphatic hydroxyl groups excluding tert-OH is 2. The quantitative estimate of drug-likeness (QED) is 0.690. The van der Waals surface area contributed by atoms with E-state index < -0.39 is 17.8 Å². The average molecular weight is 439 g/mol. The molecule has 5 nitrogen and oxygen atoms in total. The Labute approximate surface area is 190 Å². The second-order valence-corrected chi connectivity index (χ2v) is 9.88. The van der Waals surface area contributed by atoms with Gasteiger partial charge in [-0.2, -0.15) is 0 Å². The Morgan fingerprint density at radius 1 is 0.969 bits per heavy atom. The molecule has 0 aromatic heterocycles. The summed E-state index contributed by atoms with van der Waals surface area (Å²) in [7, 11) is 0. The molecule has 3 aliphatic rings. The lowest BCUT2D eigenvalue weighted by molar-refractivity contribution is -0.167. The molecule has 1 aliphatic heterocycles. The first-order valence-electron chi connectivity index (χ1n) is 11.8. The van der Waals surface area contributed by atoms with Gasteiger partial charge in [0.2, 0.25) is 0 Å². The van der Waals surface area contributed by atoms with Crippen molar-refractivity contribution in [2.45, 2.75) is 76.0 Å². The predicted molar refractivity (Wildman–Crippen MR) is 121 cm³/mol. The van der Waals surface area contributed by atoms with E-state index in [4.69, 9.17) is 14.2 Å². The summed E-state index contributed by atoms with van der Waals surface area (Å²) < 4.78 is 19.7. The number of rotatable bonds is 7. The van der Waals surface area contributed by atoms with Crippen molar-refractivity contribution in [1.82, 2.24) is 0 Å². The summed E-state index contributed by atoms with van der Waals surface area (Å²) in [5.74, 6) is 0.238. The second-order valence-electron chi connectivity index (χ2n) is 9.88. The number of hydrogen-bond donors (Lipinski definition) is 2. The molecule has 172 valence electrons. The minimum absolute atomic E-state index is 0.0335. The van der Waals surface area contributed by atoms with Gasteiger partial charge in [0.15, 0.2) is 0 Å². The Morgan fingerprint density at radius 3 is 2.09 bits per heavy atom. The normalized spacial score (nSPS) is 39.1. The molecule has 2 aromatic rings. The molecule has 32 heavy (non-hydrogen) atoms. The molecule has 0 spiro atoms. The molecular weight excluding hydrogens is 404 g/mol. The molecule has 5 rings (SSSR count). The Bertz CT molecular complexity index is 887. The molecule has 0 unspecified atom stereocenters. The van der Waals surface area contributed by atoms with Gasteiger partial charge in [-0.25, -0.2) is 0 Å². The molecule has 1 saturated heterocycles. The minimum atomic E-state index is -0.798. The molecule has 0 amide bonds. The van der Waals surface area contributed by atoms with Gasteiger partial charge in [0.1, 0.15) is 5.60 Å². The first-order valence-corrected chi connectivity index (χ1v) is 11.8. The van der Waals surface area contributed by atoms with Crippen LogP contribution in [0.4, 0.5) is 0 Å². The zero-order chi connectivity index (χ0) is 22.3. The summed E-state index contributed by atoms with van der Waals surface area (Å²) in [5, 5.41) is 21.5. The monoisotopic (exact) mass is 438 g/mol. The second kappa shape index (κ2) is 8.88. The van der Waals surface area contributed by atoms with E-state index in [-0.39, 0.29) is 36.1 Å². The largest absolute Gasteiger partial charge is 0.393 e. The summed E-state index contributed by atoms with van der Waals surface area (Å²) in [4.78, 5) is 0. The van der Waals surface area contributed by atoms with E-state index in [1.807, 2.05) is 36.4 Å². The SMILES string of the molecule is C[C@H]1[C@@H](OCc2ccccc2)[C@@H]2O[C@@]3([C@H](C)O)C[C@@H](O)C[C@@H]2[C@H]3[C@@H]1OCc1ccccc1. The van der Waals surface area contributed by atoms with Gasteiger partial charge in [-0.1, -0.05) is 67.6 Å². The number of ether oxygens (including phenoxy) is 3. The minimum Gasteiger partial charge on any atom is -0.393 e. The third-order valence-electron chi connectivity index (χ3n) is 7.89. The van der Waals surface area contributed by atoms with Crippen molar-refractivity contribution in [1.29, 1.82) is 0 Å². The lowest BCUT2D eigenvalue weighted by Gasteiger charge is -2.50. The molecule has 9 atom stereocenters. The van der Waals surface area contributed by atoms with Crippen LogP contribution < -0.4 is 0 Å². The third-order valence-corrected chi connectivity index (χ3v) is 7.89. The van der Waals surface area contributed by atoms with E-state index in [2.05, 4.69) is 31.2 Å². The van der Waals surface area contributed by atoms with E-state index >= 15 is 0 Å². The Morgan fingerprint density at radius 2 is 1.53 bits per heavy atom. The molecule has 2 N–H and O–H groups in total. The molecular formula is C27H34O5. The smallest absolute Gasteiger partial charge is 0.102 e. The predicted octanol–water partition coefficient (Wildman–Crippen LogP) is 3.71. The average Bonchev–Trinajstić information content (AvgIpc) is 2.94. The van der Waals surface area contributed by atoms with E-state index in [1.54, 1.807) is 6.92 Å². The lowest BCUT2D eigenvalue weighted by Crippen LogP contribution is -2.60. The van der Waals surface area contributed by atoms with E-state index in [1.165, 1.54) is 0 Å². The standard InChI is InChI=1S/C27H34O5/c1-17-24(30-15-19-9-5-3-6-10-19)23-22-13-21(29)14-27(23,18(2)28)32-26(22)25(17)31-16-20-11-7-4-8-12-20/h3-12,17-18,21-26,28-29H,13-16H2,1-2H3/t17-,18+,21+,22-,23+,24-,25-,26-,27-/m1/s1. The molecule has 4 bridgehead atoms. The van der Waals surface area contributed by atoms with Crippen molar-refractivity contribution >= 4 is 0 Å². The van der Waals surface area contributed by atoms with Crippen molar-refractivity contribution in [2.24, 2.45) is 17.8 Å². The first-order chi connectivity index (χ1) is 15.5.